The summed E-state index contributed by atoms with van der Waals surface area (Å²) in [4.78, 5) is 12.1. The molecular formula is C16H13BrN2O2. The van der Waals surface area contributed by atoms with Crippen molar-refractivity contribution in [2.45, 2.75) is 19.3 Å². The molecular weight excluding hydrogens is 332 g/mol. The van der Waals surface area contributed by atoms with Crippen LogP contribution in [0, 0.1) is 28.1 Å². The number of nitriles is 2. The van der Waals surface area contributed by atoms with E-state index in [1.807, 2.05) is 24.3 Å². The molecule has 0 aromatic heterocycles. The highest BCUT2D eigenvalue weighted by atomic mass is 79.9. The summed E-state index contributed by atoms with van der Waals surface area (Å²) in [7, 11) is 0. The van der Waals surface area contributed by atoms with Crippen LogP contribution in [-0.2, 0) is 9.53 Å². The molecule has 0 radical (unpaired) electrons. The Kier molecular flexibility index (Phi) is 4.45. The summed E-state index contributed by atoms with van der Waals surface area (Å²) >= 11 is 3.43. The van der Waals surface area contributed by atoms with Gasteiger partial charge >= 0.3 is 5.97 Å². The van der Waals surface area contributed by atoms with Gasteiger partial charge in [-0.25, -0.2) is 4.79 Å². The Morgan fingerprint density at radius 3 is 2.67 bits per heavy atom. The van der Waals surface area contributed by atoms with Gasteiger partial charge in [-0.1, -0.05) is 40.2 Å². The van der Waals surface area contributed by atoms with Crippen molar-refractivity contribution < 1.29 is 9.53 Å². The average Bonchev–Trinajstić information content (AvgIpc) is 2.88. The van der Waals surface area contributed by atoms with Crippen molar-refractivity contribution in [3.05, 3.63) is 46.0 Å². The number of allylic oxidation sites excluding steroid dienone is 1. The summed E-state index contributed by atoms with van der Waals surface area (Å²) < 4.78 is 5.82. The first-order valence-electron chi connectivity index (χ1n) is 6.53. The molecule has 1 aliphatic rings. The molecule has 4 nitrogen and oxygen atoms in total. The molecule has 1 aromatic carbocycles. The zero-order chi connectivity index (χ0) is 15.5. The van der Waals surface area contributed by atoms with Crippen molar-refractivity contribution in [3.8, 4) is 12.1 Å². The Balaban J connectivity index is 2.56. The quantitative estimate of drug-likeness (QED) is 0.787. The molecule has 0 N–H and O–H groups in total. The van der Waals surface area contributed by atoms with Gasteiger partial charge in [0.1, 0.15) is 0 Å². The van der Waals surface area contributed by atoms with Gasteiger partial charge in [-0.05, 0) is 25.0 Å². The minimum Gasteiger partial charge on any atom is -0.463 e. The van der Waals surface area contributed by atoms with Gasteiger partial charge in [0.15, 0.2) is 5.41 Å². The van der Waals surface area contributed by atoms with Crippen molar-refractivity contribution >= 4 is 21.9 Å². The highest BCUT2D eigenvalue weighted by Gasteiger charge is 2.49. The summed E-state index contributed by atoms with van der Waals surface area (Å²) in [6, 6.07) is 11.5. The predicted octanol–water partition coefficient (Wildman–Crippen LogP) is 3.46. The van der Waals surface area contributed by atoms with Crippen molar-refractivity contribution in [2.24, 2.45) is 5.41 Å². The summed E-state index contributed by atoms with van der Waals surface area (Å²) in [5.41, 5.74) is -0.143. The summed E-state index contributed by atoms with van der Waals surface area (Å²) in [6.07, 6.45) is 1.87. The minimum absolute atomic E-state index is 0.222. The van der Waals surface area contributed by atoms with E-state index in [0.717, 1.165) is 10.0 Å². The summed E-state index contributed by atoms with van der Waals surface area (Å²) in [5.74, 6) is -1.08. The lowest BCUT2D eigenvalue weighted by atomic mass is 9.73. The van der Waals surface area contributed by atoms with E-state index in [9.17, 15) is 15.3 Å². The highest BCUT2D eigenvalue weighted by molar-refractivity contribution is 9.10. The number of benzene rings is 1. The number of nitrogens with zero attached hydrogens (tertiary/aromatic N) is 2. The van der Waals surface area contributed by atoms with Crippen molar-refractivity contribution in [3.63, 3.8) is 0 Å². The zero-order valence-electron chi connectivity index (χ0n) is 11.5. The number of ether oxygens (including phenoxy) is 1. The number of esters is 1. The largest absolute Gasteiger partial charge is 0.463 e. The molecule has 21 heavy (non-hydrogen) atoms. The second kappa shape index (κ2) is 6.11. The first kappa shape index (κ1) is 15.3. The van der Waals surface area contributed by atoms with E-state index in [0.29, 0.717) is 5.57 Å². The monoisotopic (exact) mass is 344 g/mol. The predicted molar refractivity (Wildman–Crippen MR) is 79.9 cm³/mol. The Hall–Kier alpha value is -2.11. The fourth-order valence-electron chi connectivity index (χ4n) is 2.58. The molecule has 0 unspecified atom stereocenters. The lowest BCUT2D eigenvalue weighted by Gasteiger charge is -2.25. The van der Waals surface area contributed by atoms with E-state index in [2.05, 4.69) is 28.1 Å². The highest BCUT2D eigenvalue weighted by Crippen LogP contribution is 2.50. The first-order chi connectivity index (χ1) is 10.1. The standard InChI is InChI=1S/C16H13BrN2O2/c1-2-21-15(20)12-7-8-16(9-18,10-19)14(12)11-5-3-4-6-13(11)17/h3-7,14H,2,8H2,1H3/t14-/m1/s1. The molecule has 5 heteroatoms. The third-order valence-electron chi connectivity index (χ3n) is 3.57. The van der Waals surface area contributed by atoms with Gasteiger partial charge in [-0.2, -0.15) is 10.5 Å². The van der Waals surface area contributed by atoms with E-state index in [4.69, 9.17) is 4.74 Å². The van der Waals surface area contributed by atoms with Gasteiger partial charge in [0, 0.05) is 16.0 Å². The zero-order valence-corrected chi connectivity index (χ0v) is 13.1. The second-order valence-electron chi connectivity index (χ2n) is 4.73. The Bertz CT molecular complexity index is 668. The Morgan fingerprint density at radius 2 is 2.10 bits per heavy atom. The number of halogens is 1. The number of hydrogen-bond acceptors (Lipinski definition) is 4. The van der Waals surface area contributed by atoms with Crippen LogP contribution in [0.25, 0.3) is 0 Å². The lowest BCUT2D eigenvalue weighted by molar-refractivity contribution is -0.138. The normalized spacial score (nSPS) is 19.2. The van der Waals surface area contributed by atoms with Crippen LogP contribution in [-0.4, -0.2) is 12.6 Å². The number of carbonyl (C=O) groups excluding carboxylic acids is 1. The molecule has 0 spiro atoms. The smallest absolute Gasteiger partial charge is 0.334 e. The Labute approximate surface area is 131 Å². The van der Waals surface area contributed by atoms with Crippen LogP contribution in [0.4, 0.5) is 0 Å². The SMILES string of the molecule is CCOC(=O)C1=CCC(C#N)(C#N)[C@@H]1c1ccccc1Br. The molecule has 0 amide bonds. The first-order valence-corrected chi connectivity index (χ1v) is 7.33. The van der Waals surface area contributed by atoms with Gasteiger partial charge in [-0.3, -0.25) is 0 Å². The van der Waals surface area contributed by atoms with Crippen LogP contribution in [0.5, 0.6) is 0 Å². The van der Waals surface area contributed by atoms with E-state index >= 15 is 0 Å². The molecule has 0 fully saturated rings. The van der Waals surface area contributed by atoms with Crippen LogP contribution in [0.1, 0.15) is 24.8 Å². The molecule has 0 saturated heterocycles. The van der Waals surface area contributed by atoms with Gasteiger partial charge in [0.05, 0.1) is 18.7 Å². The van der Waals surface area contributed by atoms with E-state index in [-0.39, 0.29) is 13.0 Å². The van der Waals surface area contributed by atoms with Gasteiger partial charge in [-0.15, -0.1) is 0 Å². The van der Waals surface area contributed by atoms with Crippen molar-refractivity contribution in [1.29, 1.82) is 10.5 Å². The van der Waals surface area contributed by atoms with E-state index in [1.165, 1.54) is 0 Å². The minimum atomic E-state index is -1.27. The summed E-state index contributed by atoms with van der Waals surface area (Å²) in [6.45, 7) is 1.98. The van der Waals surface area contributed by atoms with Crippen molar-refractivity contribution in [2.75, 3.05) is 6.61 Å². The van der Waals surface area contributed by atoms with E-state index < -0.39 is 17.3 Å². The number of rotatable bonds is 3. The van der Waals surface area contributed by atoms with Crippen LogP contribution in [0.2, 0.25) is 0 Å². The molecule has 1 atom stereocenters. The molecule has 0 saturated carbocycles. The number of carbonyl (C=O) groups is 1. The van der Waals surface area contributed by atoms with E-state index in [1.54, 1.807) is 13.0 Å². The third-order valence-corrected chi connectivity index (χ3v) is 4.30. The topological polar surface area (TPSA) is 73.9 Å². The molecule has 0 aliphatic heterocycles. The lowest BCUT2D eigenvalue weighted by Crippen LogP contribution is -2.25. The fourth-order valence-corrected chi connectivity index (χ4v) is 3.09. The van der Waals surface area contributed by atoms with Crippen LogP contribution < -0.4 is 0 Å². The third kappa shape index (κ3) is 2.57. The molecule has 1 aromatic rings. The van der Waals surface area contributed by atoms with Crippen LogP contribution in [0.3, 0.4) is 0 Å². The average molecular weight is 345 g/mol. The van der Waals surface area contributed by atoms with Crippen molar-refractivity contribution in [1.82, 2.24) is 0 Å². The van der Waals surface area contributed by atoms with Gasteiger partial charge in [0.2, 0.25) is 0 Å². The Morgan fingerprint density at radius 1 is 1.43 bits per heavy atom. The molecule has 0 bridgehead atoms. The molecule has 1 aliphatic carbocycles. The summed E-state index contributed by atoms with van der Waals surface area (Å²) in [5, 5.41) is 19.0. The maximum Gasteiger partial charge on any atom is 0.334 e. The molecule has 2 rings (SSSR count). The number of hydrogen-bond donors (Lipinski definition) is 0. The van der Waals surface area contributed by atoms with Crippen LogP contribution in [0.15, 0.2) is 40.4 Å². The van der Waals surface area contributed by atoms with Gasteiger partial charge < -0.3 is 4.74 Å². The fraction of sp³-hybridized carbons (Fsp3) is 0.312. The second-order valence-corrected chi connectivity index (χ2v) is 5.59. The maximum atomic E-state index is 12.1. The molecule has 106 valence electrons. The van der Waals surface area contributed by atoms with Gasteiger partial charge in [0.25, 0.3) is 0 Å². The maximum absolute atomic E-state index is 12.1. The molecule has 0 heterocycles. The van der Waals surface area contributed by atoms with Crippen LogP contribution >= 0.6 is 15.9 Å².